The highest BCUT2D eigenvalue weighted by Crippen LogP contribution is 2.26. The third-order valence-electron chi connectivity index (χ3n) is 4.81. The van der Waals surface area contributed by atoms with Gasteiger partial charge in [0.15, 0.2) is 0 Å². The summed E-state index contributed by atoms with van der Waals surface area (Å²) < 4.78 is 3.60. The first-order valence-corrected chi connectivity index (χ1v) is 9.70. The van der Waals surface area contributed by atoms with E-state index < -0.39 is 0 Å². The first-order chi connectivity index (χ1) is 12.6. The number of aromatic nitrogens is 3. The molecular weight excluding hydrogens is 394 g/mol. The highest BCUT2D eigenvalue weighted by molar-refractivity contribution is 9.10. The minimum atomic E-state index is -0.367. The van der Waals surface area contributed by atoms with E-state index >= 15 is 0 Å². The summed E-state index contributed by atoms with van der Waals surface area (Å²) in [6, 6.07) is 8.34. The van der Waals surface area contributed by atoms with Gasteiger partial charge < -0.3 is 4.90 Å². The molecule has 0 atom stereocenters. The molecule has 0 bridgehead atoms. The lowest BCUT2D eigenvalue weighted by atomic mass is 10.2. The Morgan fingerprint density at radius 1 is 1.04 bits per heavy atom. The van der Waals surface area contributed by atoms with Gasteiger partial charge in [0.05, 0.1) is 5.69 Å². The molecule has 1 aromatic heterocycles. The number of nitrogens with zero attached hydrogens (tertiary/aromatic N) is 5. The Labute approximate surface area is 161 Å². The fourth-order valence-corrected chi connectivity index (χ4v) is 3.73. The number of hydrogen-bond acceptors (Lipinski definition) is 5. The van der Waals surface area contributed by atoms with E-state index in [1.54, 1.807) is 0 Å². The van der Waals surface area contributed by atoms with Crippen molar-refractivity contribution in [1.82, 2.24) is 19.2 Å². The Morgan fingerprint density at radius 3 is 2.46 bits per heavy atom. The second-order valence-corrected chi connectivity index (χ2v) is 7.39. The van der Waals surface area contributed by atoms with Crippen LogP contribution in [0.4, 0.5) is 5.69 Å². The van der Waals surface area contributed by atoms with Crippen LogP contribution in [0.2, 0.25) is 0 Å². The third-order valence-corrected chi connectivity index (χ3v) is 5.48. The maximum Gasteiger partial charge on any atom is 0.347 e. The minimum absolute atomic E-state index is 0.348. The third kappa shape index (κ3) is 4.42. The molecule has 0 aliphatic carbocycles. The molecule has 0 spiro atoms. The van der Waals surface area contributed by atoms with Crippen molar-refractivity contribution in [2.75, 3.05) is 37.6 Å². The van der Waals surface area contributed by atoms with Gasteiger partial charge in [-0.1, -0.05) is 12.1 Å². The number of aryl methyl sites for hydroxylation is 1. The summed E-state index contributed by atoms with van der Waals surface area (Å²) in [6.07, 6.45) is 3.07. The Hall–Kier alpha value is -1.93. The van der Waals surface area contributed by atoms with Crippen LogP contribution in [0.3, 0.4) is 0 Å². The van der Waals surface area contributed by atoms with E-state index in [1.165, 1.54) is 23.6 Å². The molecule has 0 unspecified atom stereocenters. The van der Waals surface area contributed by atoms with Gasteiger partial charge in [0.25, 0.3) is 5.56 Å². The summed E-state index contributed by atoms with van der Waals surface area (Å²) in [7, 11) is 1.48. The summed E-state index contributed by atoms with van der Waals surface area (Å²) >= 11 is 3.63. The van der Waals surface area contributed by atoms with E-state index in [2.05, 4.69) is 49.0 Å². The lowest BCUT2D eigenvalue weighted by Crippen LogP contribution is -2.46. The number of anilines is 1. The Balaban J connectivity index is 1.42. The van der Waals surface area contributed by atoms with Crippen molar-refractivity contribution in [2.45, 2.75) is 19.4 Å². The lowest BCUT2D eigenvalue weighted by Gasteiger charge is -2.36. The van der Waals surface area contributed by atoms with Crippen molar-refractivity contribution in [3.8, 4) is 0 Å². The van der Waals surface area contributed by atoms with E-state index in [-0.39, 0.29) is 11.2 Å². The number of para-hydroxylation sites is 1. The standard InChI is InChI=1S/C18H24BrN5O2/c1-21-17(25)14-20-24(18(21)26)9-5-4-8-22-10-12-23(13-11-22)16-7-3-2-6-15(16)19/h2-3,6-7,14H,4-5,8-13H2,1H3/i19-4. The molecule has 8 heteroatoms. The maximum atomic E-state index is 11.9. The van der Waals surface area contributed by atoms with Gasteiger partial charge in [-0.05, 0) is 47.4 Å². The molecule has 1 aromatic carbocycles. The van der Waals surface area contributed by atoms with Crippen LogP contribution < -0.4 is 16.1 Å². The number of piperazine rings is 1. The molecule has 1 aliphatic rings. The van der Waals surface area contributed by atoms with Crippen LogP contribution in [0.25, 0.3) is 0 Å². The predicted molar refractivity (Wildman–Crippen MR) is 106 cm³/mol. The molecule has 0 amide bonds. The molecule has 2 heterocycles. The predicted octanol–water partition coefficient (Wildman–Crippen LogP) is 1.31. The molecule has 7 nitrogen and oxygen atoms in total. The summed E-state index contributed by atoms with van der Waals surface area (Å²) in [4.78, 5) is 28.2. The first-order valence-electron chi connectivity index (χ1n) is 8.91. The first kappa shape index (κ1) is 18.8. The van der Waals surface area contributed by atoms with Crippen LogP contribution >= 0.6 is 15.9 Å². The monoisotopic (exact) mass is 418 g/mol. The SMILES string of the molecule is Cn1c(=O)cnn(CCCCN2CCN(c3ccccc3[76Br])CC2)c1=O. The van der Waals surface area contributed by atoms with Gasteiger partial charge in [-0.2, -0.15) is 5.10 Å². The Kier molecular flexibility index (Phi) is 6.26. The fraction of sp³-hybridized carbons (Fsp3) is 0.500. The zero-order valence-electron chi connectivity index (χ0n) is 15.0. The van der Waals surface area contributed by atoms with Gasteiger partial charge >= 0.3 is 5.69 Å². The zero-order valence-corrected chi connectivity index (χ0v) is 16.6. The largest absolute Gasteiger partial charge is 0.368 e. The molecule has 1 fully saturated rings. The molecule has 2 aromatic rings. The number of unbranched alkanes of at least 4 members (excludes halogenated alkanes) is 1. The van der Waals surface area contributed by atoms with E-state index in [0.717, 1.165) is 54.6 Å². The second-order valence-electron chi connectivity index (χ2n) is 6.53. The molecule has 3 rings (SSSR count). The molecule has 0 N–H and O–H groups in total. The van der Waals surface area contributed by atoms with Gasteiger partial charge in [-0.3, -0.25) is 14.3 Å². The van der Waals surface area contributed by atoms with E-state index in [0.29, 0.717) is 6.54 Å². The van der Waals surface area contributed by atoms with Crippen molar-refractivity contribution in [3.63, 3.8) is 0 Å². The van der Waals surface area contributed by atoms with Crippen LogP contribution in [0.5, 0.6) is 0 Å². The molecular formula is C18H24BrN5O2. The molecule has 26 heavy (non-hydrogen) atoms. The molecule has 1 saturated heterocycles. The average molecular weight is 418 g/mol. The average Bonchev–Trinajstić information content (AvgIpc) is 2.66. The number of halogens is 1. The normalized spacial score (nSPS) is 15.4. The van der Waals surface area contributed by atoms with Crippen molar-refractivity contribution in [3.05, 3.63) is 55.8 Å². The van der Waals surface area contributed by atoms with Crippen molar-refractivity contribution < 1.29 is 0 Å². The van der Waals surface area contributed by atoms with Crippen molar-refractivity contribution >= 4 is 21.6 Å². The summed E-state index contributed by atoms with van der Waals surface area (Å²) in [5, 5.41) is 3.92. The number of hydrogen-bond donors (Lipinski definition) is 0. The topological polar surface area (TPSA) is 63.4 Å². The highest BCUT2D eigenvalue weighted by Gasteiger charge is 2.18. The highest BCUT2D eigenvalue weighted by atomic mass is 75.9. The summed E-state index contributed by atoms with van der Waals surface area (Å²) in [6.45, 7) is 5.68. The quantitative estimate of drug-likeness (QED) is 0.662. The van der Waals surface area contributed by atoms with E-state index in [1.807, 2.05) is 6.07 Å². The molecule has 0 saturated carbocycles. The minimum Gasteiger partial charge on any atom is -0.368 e. The molecule has 0 radical (unpaired) electrons. The Morgan fingerprint density at radius 2 is 1.73 bits per heavy atom. The van der Waals surface area contributed by atoms with Gasteiger partial charge in [0.1, 0.15) is 6.20 Å². The zero-order chi connectivity index (χ0) is 18.5. The van der Waals surface area contributed by atoms with Gasteiger partial charge in [-0.25, -0.2) is 9.48 Å². The van der Waals surface area contributed by atoms with Crippen molar-refractivity contribution in [1.29, 1.82) is 0 Å². The van der Waals surface area contributed by atoms with Crippen LogP contribution in [-0.2, 0) is 13.6 Å². The Bertz CT molecular complexity index is 855. The van der Waals surface area contributed by atoms with Gasteiger partial charge in [0.2, 0.25) is 0 Å². The van der Waals surface area contributed by atoms with Crippen LogP contribution in [0, 0.1) is 0 Å². The number of benzene rings is 1. The lowest BCUT2D eigenvalue weighted by molar-refractivity contribution is 0.250. The van der Waals surface area contributed by atoms with E-state index in [4.69, 9.17) is 0 Å². The second kappa shape index (κ2) is 8.64. The molecule has 140 valence electrons. The van der Waals surface area contributed by atoms with Crippen molar-refractivity contribution in [2.24, 2.45) is 7.05 Å². The van der Waals surface area contributed by atoms with Crippen LogP contribution in [0.15, 0.2) is 44.5 Å². The fourth-order valence-electron chi connectivity index (χ4n) is 3.19. The summed E-state index contributed by atoms with van der Waals surface area (Å²) in [5.74, 6) is 0. The maximum absolute atomic E-state index is 11.9. The van der Waals surface area contributed by atoms with E-state index in [9.17, 15) is 9.59 Å². The number of rotatable bonds is 6. The van der Waals surface area contributed by atoms with Gasteiger partial charge in [0, 0.05) is 44.2 Å². The summed E-state index contributed by atoms with van der Waals surface area (Å²) in [5.41, 5.74) is 0.543. The van der Waals surface area contributed by atoms with Crippen LogP contribution in [-0.4, -0.2) is 52.0 Å². The molecule has 1 aliphatic heterocycles. The van der Waals surface area contributed by atoms with Crippen LogP contribution in [0.1, 0.15) is 12.8 Å². The smallest absolute Gasteiger partial charge is 0.347 e. The van der Waals surface area contributed by atoms with Gasteiger partial charge in [-0.15, -0.1) is 0 Å².